The molecule has 1 aromatic rings. The molecule has 0 aliphatic rings. The maximum absolute atomic E-state index is 3.62. The van der Waals surface area contributed by atoms with Gasteiger partial charge in [-0.1, -0.05) is 74.0 Å². The van der Waals surface area contributed by atoms with Crippen LogP contribution in [-0.4, -0.2) is 12.6 Å². The van der Waals surface area contributed by atoms with Crippen molar-refractivity contribution in [3.63, 3.8) is 0 Å². The summed E-state index contributed by atoms with van der Waals surface area (Å²) in [5.74, 6) is 0. The van der Waals surface area contributed by atoms with Crippen molar-refractivity contribution >= 4 is 15.9 Å². The molecule has 0 saturated heterocycles. The third kappa shape index (κ3) is 7.74. The van der Waals surface area contributed by atoms with Crippen LogP contribution in [0.4, 0.5) is 0 Å². The normalized spacial score (nSPS) is 12.6. The molecule has 19 heavy (non-hydrogen) atoms. The second kappa shape index (κ2) is 10.4. The lowest BCUT2D eigenvalue weighted by Crippen LogP contribution is -2.30. The summed E-state index contributed by atoms with van der Waals surface area (Å²) in [7, 11) is 0. The molecule has 1 aromatic carbocycles. The van der Waals surface area contributed by atoms with Gasteiger partial charge in [0.2, 0.25) is 0 Å². The fourth-order valence-corrected chi connectivity index (χ4v) is 2.73. The Labute approximate surface area is 127 Å². The van der Waals surface area contributed by atoms with Crippen molar-refractivity contribution in [1.29, 1.82) is 0 Å². The van der Waals surface area contributed by atoms with Gasteiger partial charge < -0.3 is 5.32 Å². The van der Waals surface area contributed by atoms with Crippen LogP contribution in [0.2, 0.25) is 0 Å². The van der Waals surface area contributed by atoms with Crippen LogP contribution < -0.4 is 5.32 Å². The molecule has 0 fully saturated rings. The number of halogens is 1. The zero-order valence-corrected chi connectivity index (χ0v) is 14.0. The average Bonchev–Trinajstić information content (AvgIpc) is 2.41. The highest BCUT2D eigenvalue weighted by Crippen LogP contribution is 2.14. The van der Waals surface area contributed by atoms with Crippen molar-refractivity contribution in [3.05, 3.63) is 34.3 Å². The number of hydrogen-bond donors (Lipinski definition) is 1. The molecule has 0 spiro atoms. The Morgan fingerprint density at radius 1 is 1.00 bits per heavy atom. The van der Waals surface area contributed by atoms with Gasteiger partial charge in [0.25, 0.3) is 0 Å². The van der Waals surface area contributed by atoms with Crippen molar-refractivity contribution in [2.24, 2.45) is 0 Å². The minimum atomic E-state index is 0.632. The molecular formula is C17H28BrN. The smallest absolute Gasteiger partial charge is 0.0175 e. The second-order valence-corrected chi connectivity index (χ2v) is 6.20. The van der Waals surface area contributed by atoms with E-state index in [1.807, 2.05) is 0 Å². The summed E-state index contributed by atoms with van der Waals surface area (Å²) >= 11 is 3.49. The van der Waals surface area contributed by atoms with Crippen molar-refractivity contribution in [1.82, 2.24) is 5.32 Å². The van der Waals surface area contributed by atoms with Crippen LogP contribution in [0.25, 0.3) is 0 Å². The number of benzene rings is 1. The minimum Gasteiger partial charge on any atom is -0.314 e. The number of nitrogens with one attached hydrogen (secondary N) is 1. The van der Waals surface area contributed by atoms with Crippen molar-refractivity contribution in [2.45, 2.75) is 64.8 Å². The fraction of sp³-hybridized carbons (Fsp3) is 0.647. The molecule has 0 saturated carbocycles. The molecule has 1 atom stereocenters. The number of hydrogen-bond acceptors (Lipinski definition) is 1. The van der Waals surface area contributed by atoms with E-state index in [1.54, 1.807) is 0 Å². The average molecular weight is 326 g/mol. The molecule has 1 unspecified atom stereocenters. The van der Waals surface area contributed by atoms with Gasteiger partial charge in [0, 0.05) is 10.5 Å². The van der Waals surface area contributed by atoms with E-state index >= 15 is 0 Å². The number of rotatable bonds is 10. The molecule has 108 valence electrons. The first-order valence-corrected chi connectivity index (χ1v) is 8.53. The Morgan fingerprint density at radius 3 is 2.32 bits per heavy atom. The molecule has 0 bridgehead atoms. The van der Waals surface area contributed by atoms with Gasteiger partial charge in [-0.3, -0.25) is 0 Å². The zero-order chi connectivity index (χ0) is 13.9. The summed E-state index contributed by atoms with van der Waals surface area (Å²) in [6.07, 6.45) is 9.30. The molecule has 0 aliphatic heterocycles. The van der Waals surface area contributed by atoms with Crippen LogP contribution >= 0.6 is 15.9 Å². The molecule has 0 aliphatic carbocycles. The van der Waals surface area contributed by atoms with E-state index in [0.29, 0.717) is 6.04 Å². The first-order valence-electron chi connectivity index (χ1n) is 7.74. The van der Waals surface area contributed by atoms with Crippen molar-refractivity contribution in [2.75, 3.05) is 6.54 Å². The summed E-state index contributed by atoms with van der Waals surface area (Å²) < 4.78 is 1.16. The Hall–Kier alpha value is -0.340. The molecule has 0 radical (unpaired) electrons. The van der Waals surface area contributed by atoms with E-state index < -0.39 is 0 Å². The van der Waals surface area contributed by atoms with Crippen LogP contribution in [0.3, 0.4) is 0 Å². The second-order valence-electron chi connectivity index (χ2n) is 5.29. The Balaban J connectivity index is 2.33. The van der Waals surface area contributed by atoms with Crippen molar-refractivity contribution < 1.29 is 0 Å². The lowest BCUT2D eigenvalue weighted by molar-refractivity contribution is 0.461. The van der Waals surface area contributed by atoms with Crippen LogP contribution in [0.1, 0.15) is 57.9 Å². The predicted octanol–water partition coefficient (Wildman–Crippen LogP) is 5.33. The first-order chi connectivity index (χ1) is 9.26. The number of likely N-dealkylation sites (N-methyl/N-ethyl adjacent to an activating group) is 1. The van der Waals surface area contributed by atoms with Gasteiger partial charge in [-0.2, -0.15) is 0 Å². The third-order valence-corrected chi connectivity index (χ3v) is 4.07. The largest absolute Gasteiger partial charge is 0.314 e. The van der Waals surface area contributed by atoms with Gasteiger partial charge in [-0.15, -0.1) is 0 Å². The van der Waals surface area contributed by atoms with Crippen LogP contribution in [-0.2, 0) is 6.42 Å². The van der Waals surface area contributed by atoms with Crippen LogP contribution in [0, 0.1) is 0 Å². The van der Waals surface area contributed by atoms with E-state index in [2.05, 4.69) is 59.4 Å². The Kier molecular flexibility index (Phi) is 9.19. The molecule has 1 nitrogen and oxygen atoms in total. The fourth-order valence-electron chi connectivity index (χ4n) is 2.46. The predicted molar refractivity (Wildman–Crippen MR) is 88.7 cm³/mol. The van der Waals surface area contributed by atoms with Gasteiger partial charge in [0.15, 0.2) is 0 Å². The number of unbranched alkanes of at least 4 members (excludes halogenated alkanes) is 4. The topological polar surface area (TPSA) is 12.0 Å². The van der Waals surface area contributed by atoms with Gasteiger partial charge in [-0.25, -0.2) is 0 Å². The maximum Gasteiger partial charge on any atom is 0.0175 e. The maximum atomic E-state index is 3.62. The van der Waals surface area contributed by atoms with Gasteiger partial charge in [0.05, 0.1) is 0 Å². The highest BCUT2D eigenvalue weighted by Gasteiger charge is 2.08. The van der Waals surface area contributed by atoms with Crippen molar-refractivity contribution in [3.8, 4) is 0 Å². The van der Waals surface area contributed by atoms with E-state index in [0.717, 1.165) is 17.4 Å². The molecular weight excluding hydrogens is 298 g/mol. The van der Waals surface area contributed by atoms with Gasteiger partial charge in [-0.05, 0) is 37.1 Å². The summed E-state index contributed by atoms with van der Waals surface area (Å²) in [4.78, 5) is 0. The highest BCUT2D eigenvalue weighted by molar-refractivity contribution is 9.10. The SMILES string of the molecule is CCCCCCCC(Cc1ccc(Br)cc1)NCC. The summed E-state index contributed by atoms with van der Waals surface area (Å²) in [5, 5.41) is 3.62. The monoisotopic (exact) mass is 325 g/mol. The molecule has 0 amide bonds. The lowest BCUT2D eigenvalue weighted by atomic mass is 10.00. The lowest BCUT2D eigenvalue weighted by Gasteiger charge is -2.18. The highest BCUT2D eigenvalue weighted by atomic mass is 79.9. The molecule has 0 heterocycles. The third-order valence-electron chi connectivity index (χ3n) is 3.54. The zero-order valence-electron chi connectivity index (χ0n) is 12.4. The molecule has 1 rings (SSSR count). The standard InChI is InChI=1S/C17H28BrN/c1-3-5-6-7-8-9-17(19-4-2)14-15-10-12-16(18)13-11-15/h10-13,17,19H,3-9,14H2,1-2H3. The van der Waals surface area contributed by atoms with Crippen LogP contribution in [0.5, 0.6) is 0 Å². The minimum absolute atomic E-state index is 0.632. The Morgan fingerprint density at radius 2 is 1.68 bits per heavy atom. The molecule has 0 aromatic heterocycles. The first kappa shape index (κ1) is 16.7. The van der Waals surface area contributed by atoms with Gasteiger partial charge >= 0.3 is 0 Å². The van der Waals surface area contributed by atoms with Crippen LogP contribution in [0.15, 0.2) is 28.7 Å². The van der Waals surface area contributed by atoms with E-state index in [9.17, 15) is 0 Å². The summed E-state index contributed by atoms with van der Waals surface area (Å²) in [6, 6.07) is 9.36. The summed E-state index contributed by atoms with van der Waals surface area (Å²) in [5.41, 5.74) is 1.43. The van der Waals surface area contributed by atoms with E-state index in [-0.39, 0.29) is 0 Å². The van der Waals surface area contributed by atoms with E-state index in [1.165, 1.54) is 44.1 Å². The van der Waals surface area contributed by atoms with Gasteiger partial charge in [0.1, 0.15) is 0 Å². The molecule has 2 heteroatoms. The van der Waals surface area contributed by atoms with E-state index in [4.69, 9.17) is 0 Å². The Bertz CT molecular complexity index is 321. The summed E-state index contributed by atoms with van der Waals surface area (Å²) in [6.45, 7) is 5.54. The molecule has 1 N–H and O–H groups in total. The quantitative estimate of drug-likeness (QED) is 0.573.